The minimum Gasteiger partial charge on any atom is -0.468 e. The maximum atomic E-state index is 12.0. The van der Waals surface area contributed by atoms with Gasteiger partial charge in [-0.2, -0.15) is 0 Å². The minimum absolute atomic E-state index is 0.148. The van der Waals surface area contributed by atoms with Gasteiger partial charge in [0.05, 0.1) is 12.1 Å². The number of methoxy groups -OCH3 is 1. The molecular formula is C16H20N2O2S. The number of aromatic nitrogens is 1. The summed E-state index contributed by atoms with van der Waals surface area (Å²) in [4.78, 5) is 15.4. The highest BCUT2D eigenvalue weighted by atomic mass is 32.2. The molecule has 5 heteroatoms. The lowest BCUT2D eigenvalue weighted by Crippen LogP contribution is -2.49. The number of nitrogens with one attached hydrogen (secondary N) is 2. The van der Waals surface area contributed by atoms with Crippen molar-refractivity contribution in [2.75, 3.05) is 14.2 Å². The van der Waals surface area contributed by atoms with E-state index >= 15 is 0 Å². The standard InChI is InChI=1S/C16H20N2O2S/c1-17-16(15(19)20-2)8-7-12(10-16)21-14-9-11-5-3-4-6-13(11)18-14/h3-6,9,12,17-18H,7-8,10H2,1-2H3. The fourth-order valence-electron chi connectivity index (χ4n) is 3.10. The molecule has 1 saturated carbocycles. The molecule has 1 fully saturated rings. The summed E-state index contributed by atoms with van der Waals surface area (Å²) >= 11 is 1.82. The van der Waals surface area contributed by atoms with E-state index in [1.807, 2.05) is 30.9 Å². The summed E-state index contributed by atoms with van der Waals surface area (Å²) in [6, 6.07) is 10.4. The lowest BCUT2D eigenvalue weighted by molar-refractivity contribution is -0.148. The second-order valence-corrected chi connectivity index (χ2v) is 6.87. The monoisotopic (exact) mass is 304 g/mol. The molecule has 2 atom stereocenters. The van der Waals surface area contributed by atoms with Crippen LogP contribution < -0.4 is 5.32 Å². The Labute approximate surface area is 128 Å². The molecule has 1 aliphatic rings. The molecule has 2 unspecified atom stereocenters. The van der Waals surface area contributed by atoms with Crippen LogP contribution >= 0.6 is 11.8 Å². The van der Waals surface area contributed by atoms with Gasteiger partial charge in [0.2, 0.25) is 0 Å². The van der Waals surface area contributed by atoms with Gasteiger partial charge in [0.25, 0.3) is 0 Å². The molecule has 21 heavy (non-hydrogen) atoms. The summed E-state index contributed by atoms with van der Waals surface area (Å²) in [5.74, 6) is -0.148. The van der Waals surface area contributed by atoms with E-state index in [-0.39, 0.29) is 5.97 Å². The Bertz CT molecular complexity index is 622. The van der Waals surface area contributed by atoms with Crippen molar-refractivity contribution in [3.05, 3.63) is 30.3 Å². The number of rotatable bonds is 4. The molecule has 0 saturated heterocycles. The third-order valence-corrected chi connectivity index (χ3v) is 5.53. The highest BCUT2D eigenvalue weighted by Gasteiger charge is 2.45. The van der Waals surface area contributed by atoms with Crippen LogP contribution in [0.3, 0.4) is 0 Å². The highest BCUT2D eigenvalue weighted by Crippen LogP contribution is 2.41. The summed E-state index contributed by atoms with van der Waals surface area (Å²) in [5, 5.41) is 5.99. The molecule has 1 aliphatic carbocycles. The molecular weight excluding hydrogens is 284 g/mol. The average molecular weight is 304 g/mol. The van der Waals surface area contributed by atoms with Crippen LogP contribution in [-0.2, 0) is 9.53 Å². The highest BCUT2D eigenvalue weighted by molar-refractivity contribution is 7.99. The number of carbonyl (C=O) groups excluding carboxylic acids is 1. The SMILES string of the molecule is CNC1(C(=O)OC)CCC(Sc2cc3ccccc3[nH]2)C1. The van der Waals surface area contributed by atoms with Gasteiger partial charge in [-0.15, -0.1) is 11.8 Å². The minimum atomic E-state index is -0.515. The van der Waals surface area contributed by atoms with Crippen molar-refractivity contribution in [2.24, 2.45) is 0 Å². The largest absolute Gasteiger partial charge is 0.468 e. The van der Waals surface area contributed by atoms with Gasteiger partial charge < -0.3 is 15.0 Å². The Morgan fingerprint density at radius 2 is 2.29 bits per heavy atom. The number of aromatic amines is 1. The molecule has 1 heterocycles. The zero-order valence-corrected chi connectivity index (χ0v) is 13.1. The molecule has 1 aromatic heterocycles. The number of thioether (sulfide) groups is 1. The topological polar surface area (TPSA) is 54.1 Å². The zero-order valence-electron chi connectivity index (χ0n) is 12.3. The van der Waals surface area contributed by atoms with Gasteiger partial charge in [0, 0.05) is 16.2 Å². The first-order chi connectivity index (χ1) is 10.2. The van der Waals surface area contributed by atoms with Gasteiger partial charge in [-0.1, -0.05) is 18.2 Å². The molecule has 0 bridgehead atoms. The third kappa shape index (κ3) is 2.68. The number of para-hydroxylation sites is 1. The maximum Gasteiger partial charge on any atom is 0.326 e. The zero-order chi connectivity index (χ0) is 14.9. The molecule has 2 aromatic rings. The number of fused-ring (bicyclic) bond motifs is 1. The Balaban J connectivity index is 1.73. The van der Waals surface area contributed by atoms with Gasteiger partial charge in [-0.05, 0) is 38.4 Å². The van der Waals surface area contributed by atoms with E-state index < -0.39 is 5.54 Å². The van der Waals surface area contributed by atoms with Crippen LogP contribution in [0, 0.1) is 0 Å². The molecule has 0 radical (unpaired) electrons. The first-order valence-electron chi connectivity index (χ1n) is 7.18. The Morgan fingerprint density at radius 3 is 3.00 bits per heavy atom. The van der Waals surface area contributed by atoms with Crippen molar-refractivity contribution in [1.29, 1.82) is 0 Å². The molecule has 112 valence electrons. The van der Waals surface area contributed by atoms with Crippen molar-refractivity contribution < 1.29 is 9.53 Å². The smallest absolute Gasteiger partial charge is 0.326 e. The van der Waals surface area contributed by atoms with Gasteiger partial charge in [0.15, 0.2) is 0 Å². The van der Waals surface area contributed by atoms with E-state index in [1.54, 1.807) is 0 Å². The van der Waals surface area contributed by atoms with Crippen molar-refractivity contribution >= 4 is 28.6 Å². The van der Waals surface area contributed by atoms with E-state index in [1.165, 1.54) is 12.5 Å². The van der Waals surface area contributed by atoms with Gasteiger partial charge in [0.1, 0.15) is 5.54 Å². The summed E-state index contributed by atoms with van der Waals surface area (Å²) < 4.78 is 4.96. The number of esters is 1. The van der Waals surface area contributed by atoms with Crippen LogP contribution in [-0.4, -0.2) is 35.9 Å². The maximum absolute atomic E-state index is 12.0. The van der Waals surface area contributed by atoms with E-state index in [4.69, 9.17) is 4.74 Å². The van der Waals surface area contributed by atoms with E-state index in [2.05, 4.69) is 28.5 Å². The van der Waals surface area contributed by atoms with Crippen LogP contribution in [0.15, 0.2) is 35.4 Å². The normalized spacial score (nSPS) is 25.3. The predicted molar refractivity (Wildman–Crippen MR) is 85.6 cm³/mol. The Kier molecular flexibility index (Phi) is 3.95. The number of carbonyl (C=O) groups is 1. The van der Waals surface area contributed by atoms with Gasteiger partial charge >= 0.3 is 5.97 Å². The molecule has 1 aromatic carbocycles. The number of ether oxygens (including phenoxy) is 1. The summed E-state index contributed by atoms with van der Waals surface area (Å²) in [6.45, 7) is 0. The van der Waals surface area contributed by atoms with E-state index in [0.29, 0.717) is 5.25 Å². The van der Waals surface area contributed by atoms with Crippen molar-refractivity contribution in [3.63, 3.8) is 0 Å². The number of benzene rings is 1. The lowest BCUT2D eigenvalue weighted by Gasteiger charge is -2.25. The molecule has 0 aliphatic heterocycles. The van der Waals surface area contributed by atoms with Crippen LogP contribution in [0.2, 0.25) is 0 Å². The van der Waals surface area contributed by atoms with Crippen LogP contribution in [0.4, 0.5) is 0 Å². The number of likely N-dealkylation sites (N-methyl/N-ethyl adjacent to an activating group) is 1. The second-order valence-electron chi connectivity index (χ2n) is 5.53. The molecule has 4 nitrogen and oxygen atoms in total. The fourth-order valence-corrected chi connectivity index (χ4v) is 4.43. The first-order valence-corrected chi connectivity index (χ1v) is 8.06. The first kappa shape index (κ1) is 14.5. The van der Waals surface area contributed by atoms with Crippen LogP contribution in [0.5, 0.6) is 0 Å². The lowest BCUT2D eigenvalue weighted by atomic mass is 9.98. The number of H-pyrrole nitrogens is 1. The summed E-state index contributed by atoms with van der Waals surface area (Å²) in [5.41, 5.74) is 0.643. The summed E-state index contributed by atoms with van der Waals surface area (Å²) in [6.07, 6.45) is 2.64. The van der Waals surface area contributed by atoms with Crippen molar-refractivity contribution in [2.45, 2.75) is 35.1 Å². The van der Waals surface area contributed by atoms with E-state index in [0.717, 1.165) is 29.8 Å². The molecule has 0 amide bonds. The molecule has 2 N–H and O–H groups in total. The van der Waals surface area contributed by atoms with Crippen LogP contribution in [0.1, 0.15) is 19.3 Å². The second kappa shape index (κ2) is 5.73. The summed E-state index contributed by atoms with van der Waals surface area (Å²) in [7, 11) is 3.30. The molecule has 0 spiro atoms. The van der Waals surface area contributed by atoms with Gasteiger partial charge in [-0.3, -0.25) is 4.79 Å². The van der Waals surface area contributed by atoms with Crippen LogP contribution in [0.25, 0.3) is 10.9 Å². The predicted octanol–water partition coefficient (Wildman–Crippen LogP) is 2.94. The quantitative estimate of drug-likeness (QED) is 0.853. The molecule has 3 rings (SSSR count). The Morgan fingerprint density at radius 1 is 1.48 bits per heavy atom. The van der Waals surface area contributed by atoms with E-state index in [9.17, 15) is 4.79 Å². The number of hydrogen-bond acceptors (Lipinski definition) is 4. The third-order valence-electron chi connectivity index (χ3n) is 4.32. The number of hydrogen-bond donors (Lipinski definition) is 2. The van der Waals surface area contributed by atoms with Crippen molar-refractivity contribution in [1.82, 2.24) is 10.3 Å². The fraction of sp³-hybridized carbons (Fsp3) is 0.438. The van der Waals surface area contributed by atoms with Gasteiger partial charge in [-0.25, -0.2) is 0 Å². The average Bonchev–Trinajstić information content (AvgIpc) is 3.10. The van der Waals surface area contributed by atoms with Crippen molar-refractivity contribution in [3.8, 4) is 0 Å². The Hall–Kier alpha value is -1.46.